The highest BCUT2D eigenvalue weighted by Gasteiger charge is 2.20. The number of fused-ring (bicyclic) bond motifs is 1. The van der Waals surface area contributed by atoms with Crippen LogP contribution in [-0.2, 0) is 19.3 Å². The highest BCUT2D eigenvalue weighted by atomic mass is 79.9. The molecule has 0 radical (unpaired) electrons. The van der Waals surface area contributed by atoms with Crippen molar-refractivity contribution < 1.29 is 4.74 Å². The maximum Gasteiger partial charge on any atom is 0.119 e. The van der Waals surface area contributed by atoms with E-state index in [0.29, 0.717) is 6.04 Å². The number of hydrogen-bond acceptors (Lipinski definition) is 3. The second-order valence-electron chi connectivity index (χ2n) is 5.45. The van der Waals surface area contributed by atoms with Gasteiger partial charge in [-0.1, -0.05) is 15.9 Å². The van der Waals surface area contributed by atoms with Gasteiger partial charge in [0.05, 0.1) is 7.11 Å². The highest BCUT2D eigenvalue weighted by molar-refractivity contribution is 9.10. The Morgan fingerprint density at radius 1 is 1.33 bits per heavy atom. The molecule has 1 aliphatic rings. The summed E-state index contributed by atoms with van der Waals surface area (Å²) in [5.41, 5.74) is 2.85. The van der Waals surface area contributed by atoms with Gasteiger partial charge in [-0.2, -0.15) is 0 Å². The predicted molar refractivity (Wildman–Crippen MR) is 92.5 cm³/mol. The average Bonchev–Trinajstić information content (AvgIpc) is 3.07. The molecule has 1 aromatic carbocycles. The van der Waals surface area contributed by atoms with E-state index in [1.165, 1.54) is 29.7 Å². The fourth-order valence-electron chi connectivity index (χ4n) is 2.92. The van der Waals surface area contributed by atoms with E-state index < -0.39 is 0 Å². The van der Waals surface area contributed by atoms with Crippen molar-refractivity contribution in [2.45, 2.75) is 31.7 Å². The molecule has 0 saturated carbocycles. The number of aryl methyl sites for hydroxylation is 2. The fourth-order valence-corrected chi connectivity index (χ4v) is 4.70. The average molecular weight is 366 g/mol. The Balaban J connectivity index is 1.83. The van der Waals surface area contributed by atoms with E-state index in [4.69, 9.17) is 4.74 Å². The number of ether oxygens (including phenoxy) is 1. The first kappa shape index (κ1) is 15.1. The van der Waals surface area contributed by atoms with E-state index in [9.17, 15) is 0 Å². The summed E-state index contributed by atoms with van der Waals surface area (Å²) in [5.74, 6) is 0.914. The summed E-state index contributed by atoms with van der Waals surface area (Å²) in [6.07, 6.45) is 4.81. The van der Waals surface area contributed by atoms with Crippen molar-refractivity contribution in [1.82, 2.24) is 5.32 Å². The van der Waals surface area contributed by atoms with Gasteiger partial charge in [-0.15, -0.1) is 11.3 Å². The lowest BCUT2D eigenvalue weighted by atomic mass is 10.0. The number of hydrogen-bond donors (Lipinski definition) is 1. The molecule has 112 valence electrons. The molecule has 1 N–H and O–H groups in total. The van der Waals surface area contributed by atoms with Gasteiger partial charge in [0, 0.05) is 20.3 Å². The first-order valence-corrected chi connectivity index (χ1v) is 8.93. The lowest BCUT2D eigenvalue weighted by Gasteiger charge is -2.16. The van der Waals surface area contributed by atoms with Crippen molar-refractivity contribution >= 4 is 27.3 Å². The summed E-state index contributed by atoms with van der Waals surface area (Å²) in [6.45, 7) is 0. The molecule has 0 amide bonds. The number of likely N-dealkylation sites (N-methyl/N-ethyl adjacent to an activating group) is 1. The molecule has 0 fully saturated rings. The minimum absolute atomic E-state index is 0.365. The monoisotopic (exact) mass is 365 g/mol. The molecule has 1 unspecified atom stereocenters. The third kappa shape index (κ3) is 3.17. The van der Waals surface area contributed by atoms with Crippen LogP contribution in [0.2, 0.25) is 0 Å². The van der Waals surface area contributed by atoms with Gasteiger partial charge in [-0.05, 0) is 68.1 Å². The minimum Gasteiger partial charge on any atom is -0.497 e. The van der Waals surface area contributed by atoms with E-state index >= 15 is 0 Å². The van der Waals surface area contributed by atoms with E-state index in [1.807, 2.05) is 24.5 Å². The standard InChI is InChI=1S/C17H20BrNOS/c1-19-15(17-10-11-4-3-5-16(11)21-17)9-12-8-13(20-2)6-7-14(12)18/h6-8,10,15,19H,3-5,9H2,1-2H3. The van der Waals surface area contributed by atoms with Crippen LogP contribution in [0.1, 0.15) is 33.3 Å². The summed E-state index contributed by atoms with van der Waals surface area (Å²) in [7, 11) is 3.76. The Morgan fingerprint density at radius 3 is 2.90 bits per heavy atom. The molecular formula is C17H20BrNOS. The largest absolute Gasteiger partial charge is 0.497 e. The molecule has 3 rings (SSSR count). The third-order valence-corrected chi connectivity index (χ3v) is 6.26. The summed E-state index contributed by atoms with van der Waals surface area (Å²) in [6, 6.07) is 8.94. The van der Waals surface area contributed by atoms with Crippen molar-refractivity contribution in [2.24, 2.45) is 0 Å². The van der Waals surface area contributed by atoms with Crippen LogP contribution >= 0.6 is 27.3 Å². The Labute approximate surface area is 138 Å². The SMILES string of the molecule is CNC(Cc1cc(OC)ccc1Br)c1cc2c(s1)CCC2. The van der Waals surface area contributed by atoms with Crippen molar-refractivity contribution in [3.63, 3.8) is 0 Å². The van der Waals surface area contributed by atoms with E-state index in [2.05, 4.69) is 39.4 Å². The number of benzene rings is 1. The third-order valence-electron chi connectivity index (χ3n) is 4.13. The lowest BCUT2D eigenvalue weighted by molar-refractivity contribution is 0.414. The fraction of sp³-hybridized carbons (Fsp3) is 0.412. The van der Waals surface area contributed by atoms with Gasteiger partial charge in [0.2, 0.25) is 0 Å². The Morgan fingerprint density at radius 2 is 2.19 bits per heavy atom. The zero-order valence-electron chi connectivity index (χ0n) is 12.4. The number of methoxy groups -OCH3 is 1. The van der Waals surface area contributed by atoms with Gasteiger partial charge in [0.25, 0.3) is 0 Å². The molecule has 21 heavy (non-hydrogen) atoms. The summed E-state index contributed by atoms with van der Waals surface area (Å²) in [4.78, 5) is 3.05. The van der Waals surface area contributed by atoms with Crippen LogP contribution < -0.4 is 10.1 Å². The van der Waals surface area contributed by atoms with E-state index in [0.717, 1.165) is 16.6 Å². The van der Waals surface area contributed by atoms with Gasteiger partial charge >= 0.3 is 0 Å². The van der Waals surface area contributed by atoms with Gasteiger partial charge in [0.1, 0.15) is 5.75 Å². The summed E-state index contributed by atoms with van der Waals surface area (Å²) in [5, 5.41) is 3.47. The second kappa shape index (κ2) is 6.51. The van der Waals surface area contributed by atoms with Crippen LogP contribution in [0.5, 0.6) is 5.75 Å². The van der Waals surface area contributed by atoms with Crippen molar-refractivity contribution in [3.05, 3.63) is 49.6 Å². The maximum absolute atomic E-state index is 5.34. The first-order chi connectivity index (χ1) is 10.2. The van der Waals surface area contributed by atoms with Crippen LogP contribution in [0.25, 0.3) is 0 Å². The lowest BCUT2D eigenvalue weighted by Crippen LogP contribution is -2.18. The zero-order valence-corrected chi connectivity index (χ0v) is 14.8. The predicted octanol–water partition coefficient (Wildman–Crippen LogP) is 4.51. The zero-order chi connectivity index (χ0) is 14.8. The van der Waals surface area contributed by atoms with Crippen molar-refractivity contribution in [3.8, 4) is 5.75 Å². The van der Waals surface area contributed by atoms with Gasteiger partial charge < -0.3 is 10.1 Å². The van der Waals surface area contributed by atoms with E-state index in [-0.39, 0.29) is 0 Å². The molecule has 1 heterocycles. The van der Waals surface area contributed by atoms with Crippen molar-refractivity contribution in [1.29, 1.82) is 0 Å². The van der Waals surface area contributed by atoms with Gasteiger partial charge in [-0.3, -0.25) is 0 Å². The van der Waals surface area contributed by atoms with Gasteiger partial charge in [0.15, 0.2) is 0 Å². The highest BCUT2D eigenvalue weighted by Crippen LogP contribution is 2.36. The molecule has 4 heteroatoms. The quantitative estimate of drug-likeness (QED) is 0.841. The maximum atomic E-state index is 5.34. The molecule has 0 saturated heterocycles. The molecular weight excluding hydrogens is 346 g/mol. The normalized spacial score (nSPS) is 15.0. The van der Waals surface area contributed by atoms with Crippen LogP contribution in [0, 0.1) is 0 Å². The molecule has 1 aliphatic carbocycles. The summed E-state index contributed by atoms with van der Waals surface area (Å²) < 4.78 is 6.49. The number of rotatable bonds is 5. The number of halogens is 1. The van der Waals surface area contributed by atoms with Crippen LogP contribution in [-0.4, -0.2) is 14.2 Å². The van der Waals surface area contributed by atoms with Crippen LogP contribution in [0.4, 0.5) is 0 Å². The molecule has 2 nitrogen and oxygen atoms in total. The van der Waals surface area contributed by atoms with Gasteiger partial charge in [-0.25, -0.2) is 0 Å². The molecule has 0 bridgehead atoms. The van der Waals surface area contributed by atoms with E-state index in [1.54, 1.807) is 17.6 Å². The van der Waals surface area contributed by atoms with Crippen LogP contribution in [0.3, 0.4) is 0 Å². The molecule has 1 atom stereocenters. The Kier molecular flexibility index (Phi) is 4.67. The summed E-state index contributed by atoms with van der Waals surface area (Å²) >= 11 is 5.64. The van der Waals surface area contributed by atoms with Crippen LogP contribution in [0.15, 0.2) is 28.7 Å². The molecule has 0 aliphatic heterocycles. The smallest absolute Gasteiger partial charge is 0.119 e. The topological polar surface area (TPSA) is 21.3 Å². The Bertz CT molecular complexity index is 616. The molecule has 2 aromatic rings. The first-order valence-electron chi connectivity index (χ1n) is 7.32. The van der Waals surface area contributed by atoms with Crippen molar-refractivity contribution in [2.75, 3.05) is 14.2 Å². The Hall–Kier alpha value is -0.840. The minimum atomic E-state index is 0.365. The molecule has 0 spiro atoms. The second-order valence-corrected chi connectivity index (χ2v) is 7.48. The molecule has 1 aromatic heterocycles. The number of thiophene rings is 1. The number of nitrogens with one attached hydrogen (secondary N) is 1.